The molecule has 10 heavy (non-hydrogen) atoms. The van der Waals surface area contributed by atoms with E-state index in [1.54, 1.807) is 7.11 Å². The molecule has 0 unspecified atom stereocenters. The van der Waals surface area contributed by atoms with E-state index in [1.165, 1.54) is 0 Å². The standard InChI is InChI=1S/C7H17NO2/c1-7(2,6-10-8)4-5-9-3/h4-6,8H2,1-3H3. The molecule has 0 aromatic carbocycles. The summed E-state index contributed by atoms with van der Waals surface area (Å²) < 4.78 is 4.93. The number of ether oxygens (including phenoxy) is 1. The van der Waals surface area contributed by atoms with Crippen molar-refractivity contribution >= 4 is 0 Å². The lowest BCUT2D eigenvalue weighted by Crippen LogP contribution is -2.23. The first kappa shape index (κ1) is 9.88. The zero-order valence-electron chi connectivity index (χ0n) is 7.02. The van der Waals surface area contributed by atoms with Crippen LogP contribution in [0.3, 0.4) is 0 Å². The third-order valence-electron chi connectivity index (χ3n) is 1.46. The molecule has 0 aliphatic rings. The number of rotatable bonds is 5. The average molecular weight is 147 g/mol. The molecule has 0 amide bonds. The molecule has 0 radical (unpaired) electrons. The van der Waals surface area contributed by atoms with Gasteiger partial charge in [0.2, 0.25) is 0 Å². The molecule has 0 aromatic rings. The summed E-state index contributed by atoms with van der Waals surface area (Å²) in [6.45, 7) is 5.53. The molecule has 62 valence electrons. The Morgan fingerprint density at radius 2 is 2.00 bits per heavy atom. The van der Waals surface area contributed by atoms with E-state index < -0.39 is 0 Å². The zero-order valence-corrected chi connectivity index (χ0v) is 7.02. The Hall–Kier alpha value is -0.120. The highest BCUT2D eigenvalue weighted by molar-refractivity contribution is 4.66. The van der Waals surface area contributed by atoms with Crippen molar-refractivity contribution < 1.29 is 9.57 Å². The fraction of sp³-hybridized carbons (Fsp3) is 1.00. The molecule has 3 nitrogen and oxygen atoms in total. The predicted molar refractivity (Wildman–Crippen MR) is 40.4 cm³/mol. The summed E-state index contributed by atoms with van der Waals surface area (Å²) in [6, 6.07) is 0. The SMILES string of the molecule is COCCC(C)(C)CON. The van der Waals surface area contributed by atoms with E-state index in [4.69, 9.17) is 10.6 Å². The van der Waals surface area contributed by atoms with E-state index in [9.17, 15) is 0 Å². The Morgan fingerprint density at radius 1 is 1.40 bits per heavy atom. The topological polar surface area (TPSA) is 44.5 Å². The third-order valence-corrected chi connectivity index (χ3v) is 1.46. The van der Waals surface area contributed by atoms with Gasteiger partial charge in [0.05, 0.1) is 6.61 Å². The van der Waals surface area contributed by atoms with Gasteiger partial charge in [-0.15, -0.1) is 0 Å². The minimum atomic E-state index is 0.130. The van der Waals surface area contributed by atoms with Crippen molar-refractivity contribution in [3.63, 3.8) is 0 Å². The van der Waals surface area contributed by atoms with Crippen LogP contribution in [0.5, 0.6) is 0 Å². The van der Waals surface area contributed by atoms with Crippen LogP contribution in [0, 0.1) is 5.41 Å². The molecule has 3 heteroatoms. The summed E-state index contributed by atoms with van der Waals surface area (Å²) in [4.78, 5) is 4.55. The lowest BCUT2D eigenvalue weighted by molar-refractivity contribution is 0.0419. The van der Waals surface area contributed by atoms with Crippen LogP contribution >= 0.6 is 0 Å². The largest absolute Gasteiger partial charge is 0.385 e. The molecule has 0 aliphatic carbocycles. The normalized spacial score (nSPS) is 12.0. The van der Waals surface area contributed by atoms with E-state index in [0.717, 1.165) is 13.0 Å². The highest BCUT2D eigenvalue weighted by Gasteiger charge is 2.16. The fourth-order valence-electron chi connectivity index (χ4n) is 0.676. The van der Waals surface area contributed by atoms with Crippen molar-refractivity contribution in [1.82, 2.24) is 0 Å². The Morgan fingerprint density at radius 3 is 2.40 bits per heavy atom. The van der Waals surface area contributed by atoms with Gasteiger partial charge < -0.3 is 9.57 Å². The first-order valence-corrected chi connectivity index (χ1v) is 3.43. The third kappa shape index (κ3) is 4.73. The maximum atomic E-state index is 4.95. The van der Waals surface area contributed by atoms with Crippen molar-refractivity contribution in [3.8, 4) is 0 Å². The van der Waals surface area contributed by atoms with Gasteiger partial charge in [0.1, 0.15) is 0 Å². The number of methoxy groups -OCH3 is 1. The van der Waals surface area contributed by atoms with Crippen LogP contribution in [0.4, 0.5) is 0 Å². The first-order valence-electron chi connectivity index (χ1n) is 3.43. The minimum absolute atomic E-state index is 0.130. The molecule has 2 N–H and O–H groups in total. The van der Waals surface area contributed by atoms with E-state index in [0.29, 0.717) is 6.61 Å². The molecule has 0 bridgehead atoms. The summed E-state index contributed by atoms with van der Waals surface area (Å²) in [7, 11) is 1.69. The summed E-state index contributed by atoms with van der Waals surface area (Å²) in [5.74, 6) is 4.95. The van der Waals surface area contributed by atoms with Crippen LogP contribution in [0.2, 0.25) is 0 Å². The Balaban J connectivity index is 3.42. The molecule has 0 aromatic heterocycles. The van der Waals surface area contributed by atoms with Gasteiger partial charge in [-0.1, -0.05) is 13.8 Å². The number of hydrogen-bond donors (Lipinski definition) is 1. The lowest BCUT2D eigenvalue weighted by Gasteiger charge is -2.21. The molecule has 0 spiro atoms. The fourth-order valence-corrected chi connectivity index (χ4v) is 0.676. The van der Waals surface area contributed by atoms with Crippen molar-refractivity contribution in [1.29, 1.82) is 0 Å². The molecule has 0 atom stereocenters. The van der Waals surface area contributed by atoms with Gasteiger partial charge in [-0.3, -0.25) is 0 Å². The van der Waals surface area contributed by atoms with Gasteiger partial charge in [0.25, 0.3) is 0 Å². The molecule has 0 aliphatic heterocycles. The van der Waals surface area contributed by atoms with Crippen LogP contribution in [0.25, 0.3) is 0 Å². The average Bonchev–Trinajstić information content (AvgIpc) is 1.84. The van der Waals surface area contributed by atoms with Crippen LogP contribution in [0.1, 0.15) is 20.3 Å². The lowest BCUT2D eigenvalue weighted by atomic mass is 9.91. The van der Waals surface area contributed by atoms with Crippen molar-refractivity contribution in [2.45, 2.75) is 20.3 Å². The second kappa shape index (κ2) is 4.66. The van der Waals surface area contributed by atoms with E-state index in [1.807, 2.05) is 0 Å². The van der Waals surface area contributed by atoms with E-state index in [-0.39, 0.29) is 5.41 Å². The molecule has 0 rings (SSSR count). The smallest absolute Gasteiger partial charge is 0.0731 e. The Labute approximate surface area is 62.4 Å². The molecule has 0 heterocycles. The molecular formula is C7H17NO2. The molecule has 0 saturated heterocycles. The van der Waals surface area contributed by atoms with Gasteiger partial charge in [0.15, 0.2) is 0 Å². The van der Waals surface area contributed by atoms with Crippen molar-refractivity contribution in [2.75, 3.05) is 20.3 Å². The molecular weight excluding hydrogens is 130 g/mol. The first-order chi connectivity index (χ1) is 4.62. The van der Waals surface area contributed by atoms with Crippen LogP contribution in [-0.4, -0.2) is 20.3 Å². The summed E-state index contributed by atoms with van der Waals surface area (Å²) in [5.41, 5.74) is 0.130. The number of nitrogens with two attached hydrogens (primary N) is 1. The quantitative estimate of drug-likeness (QED) is 0.588. The van der Waals surface area contributed by atoms with Crippen molar-refractivity contribution in [3.05, 3.63) is 0 Å². The predicted octanol–water partition coefficient (Wildman–Crippen LogP) is 0.939. The zero-order chi connectivity index (χ0) is 8.04. The Kier molecular flexibility index (Phi) is 4.60. The minimum Gasteiger partial charge on any atom is -0.385 e. The maximum Gasteiger partial charge on any atom is 0.0731 e. The van der Waals surface area contributed by atoms with Gasteiger partial charge in [0, 0.05) is 13.7 Å². The second-order valence-corrected chi connectivity index (χ2v) is 3.22. The van der Waals surface area contributed by atoms with E-state index >= 15 is 0 Å². The highest BCUT2D eigenvalue weighted by Crippen LogP contribution is 2.19. The molecule has 0 fully saturated rings. The van der Waals surface area contributed by atoms with Crippen LogP contribution < -0.4 is 5.90 Å². The van der Waals surface area contributed by atoms with Crippen LogP contribution in [0.15, 0.2) is 0 Å². The Bertz CT molecular complexity index is 83.7. The van der Waals surface area contributed by atoms with E-state index in [2.05, 4.69) is 18.7 Å². The maximum absolute atomic E-state index is 4.95. The van der Waals surface area contributed by atoms with Gasteiger partial charge >= 0.3 is 0 Å². The number of hydrogen-bond acceptors (Lipinski definition) is 3. The van der Waals surface area contributed by atoms with Gasteiger partial charge in [-0.25, -0.2) is 5.90 Å². The van der Waals surface area contributed by atoms with Gasteiger partial charge in [-0.05, 0) is 11.8 Å². The second-order valence-electron chi connectivity index (χ2n) is 3.22. The summed E-state index contributed by atoms with van der Waals surface area (Å²) in [5, 5.41) is 0. The summed E-state index contributed by atoms with van der Waals surface area (Å²) in [6.07, 6.45) is 0.973. The molecule has 0 saturated carbocycles. The monoisotopic (exact) mass is 147 g/mol. The highest BCUT2D eigenvalue weighted by atomic mass is 16.6. The van der Waals surface area contributed by atoms with Gasteiger partial charge in [-0.2, -0.15) is 0 Å². The summed E-state index contributed by atoms with van der Waals surface area (Å²) >= 11 is 0. The van der Waals surface area contributed by atoms with Crippen molar-refractivity contribution in [2.24, 2.45) is 11.3 Å². The van der Waals surface area contributed by atoms with Crippen LogP contribution in [-0.2, 0) is 9.57 Å².